The third kappa shape index (κ3) is 1.80. The number of hydrogen-bond donors (Lipinski definition) is 0. The molecule has 0 spiro atoms. The maximum atomic E-state index is 6.16. The summed E-state index contributed by atoms with van der Waals surface area (Å²) in [6.07, 6.45) is 3.45. The summed E-state index contributed by atoms with van der Waals surface area (Å²) >= 11 is 6.16. The van der Waals surface area contributed by atoms with Gasteiger partial charge in [-0.1, -0.05) is 29.8 Å². The molecule has 2 rings (SSSR count). The van der Waals surface area contributed by atoms with Crippen LogP contribution in [0.25, 0.3) is 0 Å². The molecule has 0 N–H and O–H groups in total. The smallest absolute Gasteiger partial charge is 0.0674 e. The molecule has 0 aliphatic carbocycles. The molecule has 0 saturated heterocycles. The fourth-order valence-corrected chi connectivity index (χ4v) is 1.54. The molecule has 3 heteroatoms. The molecule has 1 radical (unpaired) electrons. The Morgan fingerprint density at radius 3 is 3.07 bits per heavy atom. The second-order valence-corrected chi connectivity index (χ2v) is 3.56. The Labute approximate surface area is 88.1 Å². The van der Waals surface area contributed by atoms with Crippen molar-refractivity contribution >= 4 is 11.6 Å². The van der Waals surface area contributed by atoms with Gasteiger partial charge in [-0.25, -0.2) is 0 Å². The average molecular weight is 206 g/mol. The molecule has 0 atom stereocenters. The lowest BCUT2D eigenvalue weighted by molar-refractivity contribution is 0.686. The van der Waals surface area contributed by atoms with Gasteiger partial charge in [-0.2, -0.15) is 5.10 Å². The SMILES string of the molecule is Cc1cccc(Cn2c[c]cn2)c1Cl. The van der Waals surface area contributed by atoms with E-state index in [-0.39, 0.29) is 0 Å². The lowest BCUT2D eigenvalue weighted by Gasteiger charge is -2.06. The van der Waals surface area contributed by atoms with Crippen molar-refractivity contribution in [2.45, 2.75) is 13.5 Å². The average Bonchev–Trinajstić information content (AvgIpc) is 2.66. The van der Waals surface area contributed by atoms with Gasteiger partial charge in [-0.05, 0) is 18.1 Å². The van der Waals surface area contributed by atoms with Crippen LogP contribution >= 0.6 is 11.6 Å². The minimum absolute atomic E-state index is 0.698. The van der Waals surface area contributed by atoms with Gasteiger partial charge < -0.3 is 0 Å². The van der Waals surface area contributed by atoms with Gasteiger partial charge in [0.25, 0.3) is 0 Å². The van der Waals surface area contributed by atoms with Crippen LogP contribution in [0.2, 0.25) is 5.02 Å². The van der Waals surface area contributed by atoms with Crippen LogP contribution in [0.4, 0.5) is 0 Å². The number of rotatable bonds is 2. The zero-order valence-corrected chi connectivity index (χ0v) is 8.62. The number of benzene rings is 1. The van der Waals surface area contributed by atoms with E-state index in [0.29, 0.717) is 6.54 Å². The van der Waals surface area contributed by atoms with Crippen molar-refractivity contribution in [3.63, 3.8) is 0 Å². The van der Waals surface area contributed by atoms with Crippen LogP contribution in [0.1, 0.15) is 11.1 Å². The Balaban J connectivity index is 2.29. The Morgan fingerprint density at radius 2 is 2.36 bits per heavy atom. The van der Waals surface area contributed by atoms with Gasteiger partial charge in [0.15, 0.2) is 0 Å². The fourth-order valence-electron chi connectivity index (χ4n) is 1.35. The summed E-state index contributed by atoms with van der Waals surface area (Å²) in [7, 11) is 0. The van der Waals surface area contributed by atoms with E-state index in [9.17, 15) is 0 Å². The molecule has 1 heterocycles. The lowest BCUT2D eigenvalue weighted by Crippen LogP contribution is -2.00. The van der Waals surface area contributed by atoms with E-state index < -0.39 is 0 Å². The summed E-state index contributed by atoms with van der Waals surface area (Å²) in [5.41, 5.74) is 2.18. The van der Waals surface area contributed by atoms with Crippen molar-refractivity contribution in [2.24, 2.45) is 0 Å². The third-order valence-electron chi connectivity index (χ3n) is 2.11. The predicted octanol–water partition coefficient (Wildman–Crippen LogP) is 2.69. The van der Waals surface area contributed by atoms with Crippen LogP contribution in [0.15, 0.2) is 30.6 Å². The molecular formula is C11H10ClN2. The molecule has 2 aromatic rings. The van der Waals surface area contributed by atoms with Gasteiger partial charge in [0.1, 0.15) is 0 Å². The quantitative estimate of drug-likeness (QED) is 0.737. The molecule has 14 heavy (non-hydrogen) atoms. The topological polar surface area (TPSA) is 17.8 Å². The number of aryl methyl sites for hydroxylation is 1. The van der Waals surface area contributed by atoms with Crippen molar-refractivity contribution in [1.82, 2.24) is 9.78 Å². The second-order valence-electron chi connectivity index (χ2n) is 3.19. The van der Waals surface area contributed by atoms with Gasteiger partial charge >= 0.3 is 0 Å². The minimum atomic E-state index is 0.698. The first-order chi connectivity index (χ1) is 6.77. The molecule has 0 amide bonds. The number of nitrogens with zero attached hydrogens (tertiary/aromatic N) is 2. The summed E-state index contributed by atoms with van der Waals surface area (Å²) in [6, 6.07) is 8.91. The summed E-state index contributed by atoms with van der Waals surface area (Å²) < 4.78 is 1.81. The molecule has 0 aliphatic rings. The number of halogens is 1. The third-order valence-corrected chi connectivity index (χ3v) is 2.65. The molecule has 0 bridgehead atoms. The van der Waals surface area contributed by atoms with E-state index in [1.165, 1.54) is 0 Å². The molecule has 0 aliphatic heterocycles. The van der Waals surface area contributed by atoms with Gasteiger partial charge in [0.2, 0.25) is 0 Å². The highest BCUT2D eigenvalue weighted by Crippen LogP contribution is 2.20. The van der Waals surface area contributed by atoms with Crippen molar-refractivity contribution in [3.05, 3.63) is 52.8 Å². The van der Waals surface area contributed by atoms with Crippen LogP contribution in [0.3, 0.4) is 0 Å². The Kier molecular flexibility index (Phi) is 2.55. The molecule has 2 nitrogen and oxygen atoms in total. The van der Waals surface area contributed by atoms with Crippen LogP contribution < -0.4 is 0 Å². The highest BCUT2D eigenvalue weighted by molar-refractivity contribution is 6.32. The zero-order chi connectivity index (χ0) is 9.97. The van der Waals surface area contributed by atoms with E-state index >= 15 is 0 Å². The molecule has 0 saturated carbocycles. The standard InChI is InChI=1S/C11H10ClN2/c1-9-4-2-5-10(11(9)12)8-14-7-3-6-13-14/h2,4-7H,8H2,1H3. The monoisotopic (exact) mass is 205 g/mol. The van der Waals surface area contributed by atoms with E-state index in [2.05, 4.69) is 11.2 Å². The van der Waals surface area contributed by atoms with Gasteiger partial charge in [-0.3, -0.25) is 4.68 Å². The molecule has 1 aromatic carbocycles. The lowest BCUT2D eigenvalue weighted by atomic mass is 10.1. The molecule has 1 aromatic heterocycles. The first kappa shape index (κ1) is 9.28. The molecule has 0 unspecified atom stereocenters. The summed E-state index contributed by atoms with van der Waals surface area (Å²) in [4.78, 5) is 0. The van der Waals surface area contributed by atoms with E-state index in [1.54, 1.807) is 17.1 Å². The summed E-state index contributed by atoms with van der Waals surface area (Å²) in [5.74, 6) is 0. The summed E-state index contributed by atoms with van der Waals surface area (Å²) in [5, 5.41) is 4.91. The second kappa shape index (κ2) is 3.84. The van der Waals surface area contributed by atoms with Crippen LogP contribution in [0, 0.1) is 13.0 Å². The van der Waals surface area contributed by atoms with Crippen molar-refractivity contribution in [3.8, 4) is 0 Å². The Bertz CT molecular complexity index is 421. The summed E-state index contributed by atoms with van der Waals surface area (Å²) in [6.45, 7) is 2.70. The fraction of sp³-hybridized carbons (Fsp3) is 0.182. The maximum absolute atomic E-state index is 6.16. The normalized spacial score (nSPS) is 10.4. The van der Waals surface area contributed by atoms with Gasteiger partial charge in [0.05, 0.1) is 12.7 Å². The largest absolute Gasteiger partial charge is 0.268 e. The molecule has 0 fully saturated rings. The van der Waals surface area contributed by atoms with Crippen molar-refractivity contribution in [2.75, 3.05) is 0 Å². The molecular weight excluding hydrogens is 196 g/mol. The van der Waals surface area contributed by atoms with Crippen molar-refractivity contribution < 1.29 is 0 Å². The van der Waals surface area contributed by atoms with E-state index in [4.69, 9.17) is 11.6 Å². The Hall–Kier alpha value is -1.28. The van der Waals surface area contributed by atoms with E-state index in [1.807, 2.05) is 25.1 Å². The zero-order valence-electron chi connectivity index (χ0n) is 7.87. The van der Waals surface area contributed by atoms with E-state index in [0.717, 1.165) is 16.1 Å². The van der Waals surface area contributed by atoms with Gasteiger partial charge in [-0.15, -0.1) is 0 Å². The van der Waals surface area contributed by atoms with Crippen LogP contribution in [0.5, 0.6) is 0 Å². The van der Waals surface area contributed by atoms with Crippen molar-refractivity contribution in [1.29, 1.82) is 0 Å². The first-order valence-corrected chi connectivity index (χ1v) is 4.77. The minimum Gasteiger partial charge on any atom is -0.268 e. The number of aromatic nitrogens is 2. The predicted molar refractivity (Wildman–Crippen MR) is 56.4 cm³/mol. The highest BCUT2D eigenvalue weighted by Gasteiger charge is 2.02. The number of hydrogen-bond acceptors (Lipinski definition) is 1. The van der Waals surface area contributed by atoms with Crippen LogP contribution in [-0.2, 0) is 6.54 Å². The first-order valence-electron chi connectivity index (χ1n) is 4.40. The van der Waals surface area contributed by atoms with Crippen LogP contribution in [-0.4, -0.2) is 9.78 Å². The maximum Gasteiger partial charge on any atom is 0.0674 e. The highest BCUT2D eigenvalue weighted by atomic mass is 35.5. The van der Waals surface area contributed by atoms with Gasteiger partial charge in [0, 0.05) is 17.3 Å². The molecule has 71 valence electrons. The Morgan fingerprint density at radius 1 is 1.50 bits per heavy atom.